The minimum atomic E-state index is -0.511. The van der Waals surface area contributed by atoms with Gasteiger partial charge in [0.05, 0.1) is 26.4 Å². The van der Waals surface area contributed by atoms with Crippen LogP contribution in [0.4, 0.5) is 0 Å². The predicted octanol–water partition coefficient (Wildman–Crippen LogP) is 3.87. The quantitative estimate of drug-likeness (QED) is 0.463. The third-order valence-electron chi connectivity index (χ3n) is 6.46. The van der Waals surface area contributed by atoms with Gasteiger partial charge in [-0.15, -0.1) is 0 Å². The first kappa shape index (κ1) is 26.7. The first-order valence-corrected chi connectivity index (χ1v) is 12.8. The molecule has 1 N–H and O–H groups in total. The van der Waals surface area contributed by atoms with E-state index >= 15 is 0 Å². The molecule has 7 nitrogen and oxygen atoms in total. The lowest BCUT2D eigenvalue weighted by Crippen LogP contribution is -2.41. The summed E-state index contributed by atoms with van der Waals surface area (Å²) < 4.78 is 23.3. The average molecular weight is 476 g/mol. The zero-order valence-electron chi connectivity index (χ0n) is 20.5. The number of rotatable bonds is 12. The van der Waals surface area contributed by atoms with Gasteiger partial charge in [-0.05, 0) is 37.8 Å². The highest BCUT2D eigenvalue weighted by Gasteiger charge is 2.38. The number of aliphatic hydroxyl groups excluding tert-OH is 1. The number of likely N-dealkylation sites (tertiary alicyclic amines) is 1. The molecule has 1 amide bonds. The van der Waals surface area contributed by atoms with Crippen molar-refractivity contribution >= 4 is 5.91 Å². The summed E-state index contributed by atoms with van der Waals surface area (Å²) in [7, 11) is 0. The van der Waals surface area contributed by atoms with E-state index in [0.717, 1.165) is 37.9 Å². The van der Waals surface area contributed by atoms with E-state index in [2.05, 4.69) is 12.1 Å². The molecule has 2 aliphatic rings. The van der Waals surface area contributed by atoms with Gasteiger partial charge >= 0.3 is 0 Å². The summed E-state index contributed by atoms with van der Waals surface area (Å²) in [6.07, 6.45) is 7.89. The van der Waals surface area contributed by atoms with Crippen molar-refractivity contribution in [1.29, 1.82) is 0 Å². The van der Waals surface area contributed by atoms with Gasteiger partial charge in [0.1, 0.15) is 0 Å². The van der Waals surface area contributed by atoms with Crippen molar-refractivity contribution in [2.75, 3.05) is 52.7 Å². The molecule has 1 aromatic carbocycles. The smallest absolute Gasteiger partial charge is 0.288 e. The van der Waals surface area contributed by atoms with Crippen molar-refractivity contribution in [2.24, 2.45) is 5.92 Å². The van der Waals surface area contributed by atoms with Crippen LogP contribution in [0.1, 0.15) is 56.9 Å². The van der Waals surface area contributed by atoms with Gasteiger partial charge in [0.25, 0.3) is 5.91 Å². The highest BCUT2D eigenvalue weighted by molar-refractivity contribution is 5.91. The van der Waals surface area contributed by atoms with Crippen LogP contribution in [0.15, 0.2) is 42.2 Å². The van der Waals surface area contributed by atoms with Gasteiger partial charge in [-0.1, -0.05) is 49.6 Å². The van der Waals surface area contributed by atoms with Crippen LogP contribution >= 0.6 is 0 Å². The van der Waals surface area contributed by atoms with Crippen molar-refractivity contribution in [2.45, 2.75) is 57.7 Å². The Hall–Kier alpha value is -1.93. The standard InChI is InChI=1S/C27H41NO6/c1-2-33-27-23(13-17-31-19-20-32-18-16-29)24(22-11-7-6-8-12-22)21-25(34-27)26(30)28-14-9-4-3-5-10-15-28/h6-8,11-12,21,23-24,27,29H,2-5,9-10,13-20H2,1H3/t23-,24+,27+/m0/s1. The fraction of sp³-hybridized carbons (Fsp3) is 0.667. The molecule has 1 aromatic rings. The molecule has 0 spiro atoms. The highest BCUT2D eigenvalue weighted by Crippen LogP contribution is 2.39. The number of hydrogen-bond acceptors (Lipinski definition) is 6. The summed E-state index contributed by atoms with van der Waals surface area (Å²) >= 11 is 0. The molecule has 0 aliphatic carbocycles. The van der Waals surface area contributed by atoms with Crippen molar-refractivity contribution < 1.29 is 28.8 Å². The van der Waals surface area contributed by atoms with Gasteiger partial charge in [-0.2, -0.15) is 0 Å². The van der Waals surface area contributed by atoms with Gasteiger partial charge < -0.3 is 29.0 Å². The maximum Gasteiger partial charge on any atom is 0.288 e. The Morgan fingerprint density at radius 2 is 1.68 bits per heavy atom. The van der Waals surface area contributed by atoms with E-state index in [4.69, 9.17) is 24.1 Å². The van der Waals surface area contributed by atoms with E-state index in [-0.39, 0.29) is 24.3 Å². The largest absolute Gasteiger partial charge is 0.459 e. The molecular formula is C27H41NO6. The number of carbonyl (C=O) groups excluding carboxylic acids is 1. The van der Waals surface area contributed by atoms with E-state index in [1.54, 1.807) is 0 Å². The highest BCUT2D eigenvalue weighted by atomic mass is 16.7. The third-order valence-corrected chi connectivity index (χ3v) is 6.46. The molecule has 34 heavy (non-hydrogen) atoms. The van der Waals surface area contributed by atoms with E-state index in [9.17, 15) is 4.79 Å². The Balaban J connectivity index is 1.74. The summed E-state index contributed by atoms with van der Waals surface area (Å²) in [6.45, 7) is 5.81. The second kappa shape index (κ2) is 15.1. The molecule has 3 rings (SSSR count). The normalized spacial score (nSPS) is 23.5. The Bertz CT molecular complexity index is 732. The summed E-state index contributed by atoms with van der Waals surface area (Å²) in [5, 5.41) is 8.80. The van der Waals surface area contributed by atoms with Crippen LogP contribution in [0.25, 0.3) is 0 Å². The van der Waals surface area contributed by atoms with E-state index in [0.29, 0.717) is 38.8 Å². The van der Waals surface area contributed by atoms with E-state index < -0.39 is 6.29 Å². The molecule has 0 unspecified atom stereocenters. The van der Waals surface area contributed by atoms with Crippen molar-refractivity contribution in [3.8, 4) is 0 Å². The monoisotopic (exact) mass is 475 g/mol. The first-order valence-electron chi connectivity index (χ1n) is 12.8. The van der Waals surface area contributed by atoms with Crippen molar-refractivity contribution in [3.63, 3.8) is 0 Å². The number of aliphatic hydroxyl groups is 1. The summed E-state index contributed by atoms with van der Waals surface area (Å²) in [5.41, 5.74) is 1.14. The number of ether oxygens (including phenoxy) is 4. The molecule has 190 valence electrons. The molecule has 0 bridgehead atoms. The third kappa shape index (κ3) is 8.08. The molecule has 2 aliphatic heterocycles. The van der Waals surface area contributed by atoms with Crippen LogP contribution in [0.2, 0.25) is 0 Å². The molecule has 1 saturated heterocycles. The average Bonchev–Trinajstić information content (AvgIpc) is 2.84. The van der Waals surface area contributed by atoms with Crippen LogP contribution in [0.5, 0.6) is 0 Å². The lowest BCUT2D eigenvalue weighted by molar-refractivity contribution is -0.172. The van der Waals surface area contributed by atoms with Crippen molar-refractivity contribution in [3.05, 3.63) is 47.7 Å². The van der Waals surface area contributed by atoms with Crippen LogP contribution in [-0.4, -0.2) is 74.9 Å². The number of hydrogen-bond donors (Lipinski definition) is 1. The SMILES string of the molecule is CCO[C@@H]1OC(C(=O)N2CCCCCCC2)=C[C@H](c2ccccc2)[C@@H]1CCOCCOCCO. The van der Waals surface area contributed by atoms with Gasteiger partial charge in [0.15, 0.2) is 5.76 Å². The maximum atomic E-state index is 13.5. The Morgan fingerprint density at radius 1 is 1.00 bits per heavy atom. The van der Waals surface area contributed by atoms with Crippen LogP contribution in [0, 0.1) is 5.92 Å². The number of benzene rings is 1. The first-order chi connectivity index (χ1) is 16.7. The molecular weight excluding hydrogens is 434 g/mol. The molecule has 0 aromatic heterocycles. The van der Waals surface area contributed by atoms with Gasteiger partial charge in [0, 0.05) is 38.1 Å². The molecule has 1 fully saturated rings. The zero-order chi connectivity index (χ0) is 24.0. The topological polar surface area (TPSA) is 77.5 Å². The molecule has 0 saturated carbocycles. The molecule has 2 heterocycles. The van der Waals surface area contributed by atoms with Gasteiger partial charge in [-0.3, -0.25) is 4.79 Å². The second-order valence-corrected chi connectivity index (χ2v) is 8.87. The zero-order valence-corrected chi connectivity index (χ0v) is 20.5. The number of amides is 1. The van der Waals surface area contributed by atoms with Crippen LogP contribution < -0.4 is 0 Å². The van der Waals surface area contributed by atoms with Crippen molar-refractivity contribution in [1.82, 2.24) is 4.90 Å². The lowest BCUT2D eigenvalue weighted by Gasteiger charge is -2.38. The van der Waals surface area contributed by atoms with Crippen LogP contribution in [-0.2, 0) is 23.7 Å². The second-order valence-electron chi connectivity index (χ2n) is 8.87. The van der Waals surface area contributed by atoms with E-state index in [1.165, 1.54) is 19.3 Å². The maximum absolute atomic E-state index is 13.5. The van der Waals surface area contributed by atoms with Crippen LogP contribution in [0.3, 0.4) is 0 Å². The Morgan fingerprint density at radius 3 is 2.35 bits per heavy atom. The van der Waals surface area contributed by atoms with Gasteiger partial charge in [0.2, 0.25) is 6.29 Å². The molecule has 3 atom stereocenters. The predicted molar refractivity (Wildman–Crippen MR) is 130 cm³/mol. The summed E-state index contributed by atoms with van der Waals surface area (Å²) in [6, 6.07) is 10.3. The number of carbonyl (C=O) groups is 1. The Labute approximate surface area is 204 Å². The number of nitrogens with zero attached hydrogens (tertiary/aromatic N) is 1. The number of allylic oxidation sites excluding steroid dienone is 1. The fourth-order valence-electron chi connectivity index (χ4n) is 4.70. The summed E-state index contributed by atoms with van der Waals surface area (Å²) in [4.78, 5) is 15.4. The lowest BCUT2D eigenvalue weighted by atomic mass is 9.81. The molecule has 7 heteroatoms. The van der Waals surface area contributed by atoms with E-state index in [1.807, 2.05) is 36.1 Å². The minimum absolute atomic E-state index is 0.00514. The fourth-order valence-corrected chi connectivity index (χ4v) is 4.70. The summed E-state index contributed by atoms with van der Waals surface area (Å²) in [5.74, 6) is 0.393. The van der Waals surface area contributed by atoms with Gasteiger partial charge in [-0.25, -0.2) is 0 Å². The minimum Gasteiger partial charge on any atom is -0.459 e. The molecule has 0 radical (unpaired) electrons. The Kier molecular flexibility index (Phi) is 11.9.